The quantitative estimate of drug-likeness (QED) is 0.713. The van der Waals surface area contributed by atoms with Crippen LogP contribution in [0.1, 0.15) is 28.0 Å². The molecule has 0 saturated carbocycles. The molecule has 7 nitrogen and oxygen atoms in total. The molecule has 0 atom stereocenters. The summed E-state index contributed by atoms with van der Waals surface area (Å²) in [7, 11) is 0. The number of nitrogens with one attached hydrogen (secondary N) is 1. The van der Waals surface area contributed by atoms with E-state index in [-0.39, 0.29) is 23.6 Å². The minimum atomic E-state index is -1.24. The maximum atomic E-state index is 11.8. The Kier molecular flexibility index (Phi) is 3.02. The predicted octanol–water partition coefficient (Wildman–Crippen LogP) is 1.99. The first-order chi connectivity index (χ1) is 10.1. The molecule has 0 radical (unpaired) electrons. The molecule has 2 aromatic heterocycles. The lowest BCUT2D eigenvalue weighted by atomic mass is 10.2. The van der Waals surface area contributed by atoms with Gasteiger partial charge < -0.3 is 14.8 Å². The van der Waals surface area contributed by atoms with Gasteiger partial charge in [-0.05, 0) is 13.0 Å². The van der Waals surface area contributed by atoms with Crippen LogP contribution in [-0.2, 0) is 4.74 Å². The number of hydrogen-bond donors (Lipinski definition) is 2. The van der Waals surface area contributed by atoms with Crippen LogP contribution in [0.25, 0.3) is 21.9 Å². The van der Waals surface area contributed by atoms with E-state index < -0.39 is 11.9 Å². The van der Waals surface area contributed by atoms with Crippen LogP contribution in [0, 0.1) is 0 Å². The van der Waals surface area contributed by atoms with Gasteiger partial charge in [0.25, 0.3) is 0 Å². The van der Waals surface area contributed by atoms with Gasteiger partial charge in [0, 0.05) is 10.9 Å². The number of para-hydroxylation sites is 1. The largest absolute Gasteiger partial charge is 0.476 e. The lowest BCUT2D eigenvalue weighted by Gasteiger charge is -2.02. The van der Waals surface area contributed by atoms with Crippen molar-refractivity contribution < 1.29 is 19.4 Å². The number of ether oxygens (including phenoxy) is 1. The Balaban J connectivity index is 2.35. The zero-order valence-electron chi connectivity index (χ0n) is 11.1. The number of carboxylic acid groups (broad SMARTS) is 1. The average Bonchev–Trinajstić information content (AvgIpc) is 2.84. The summed E-state index contributed by atoms with van der Waals surface area (Å²) < 4.78 is 4.83. The number of fused-ring (bicyclic) bond motifs is 3. The second-order valence-corrected chi connectivity index (χ2v) is 4.32. The molecule has 21 heavy (non-hydrogen) atoms. The van der Waals surface area contributed by atoms with Crippen molar-refractivity contribution >= 4 is 33.9 Å². The van der Waals surface area contributed by atoms with E-state index in [9.17, 15) is 14.7 Å². The summed E-state index contributed by atoms with van der Waals surface area (Å²) in [6.07, 6.45) is 0. The minimum Gasteiger partial charge on any atom is -0.476 e. The van der Waals surface area contributed by atoms with Crippen LogP contribution in [0.4, 0.5) is 0 Å². The molecule has 2 N–H and O–H groups in total. The van der Waals surface area contributed by atoms with E-state index >= 15 is 0 Å². The van der Waals surface area contributed by atoms with Gasteiger partial charge in [-0.2, -0.15) is 0 Å². The van der Waals surface area contributed by atoms with Crippen molar-refractivity contribution in [3.8, 4) is 0 Å². The minimum absolute atomic E-state index is 0.163. The molecule has 3 rings (SSSR count). The smallest absolute Gasteiger partial charge is 0.376 e. The van der Waals surface area contributed by atoms with Crippen LogP contribution in [-0.4, -0.2) is 38.6 Å². The third-order valence-electron chi connectivity index (χ3n) is 3.01. The van der Waals surface area contributed by atoms with Crippen molar-refractivity contribution in [3.63, 3.8) is 0 Å². The molecular formula is C14H11N3O4. The number of carbonyl (C=O) groups excluding carboxylic acids is 1. The van der Waals surface area contributed by atoms with Gasteiger partial charge in [-0.25, -0.2) is 19.6 Å². The number of rotatable bonds is 3. The van der Waals surface area contributed by atoms with Gasteiger partial charge in [-0.3, -0.25) is 0 Å². The zero-order chi connectivity index (χ0) is 15.0. The first kappa shape index (κ1) is 13.0. The number of nitrogens with zero attached hydrogens (tertiary/aromatic N) is 2. The Labute approximate surface area is 118 Å². The van der Waals surface area contributed by atoms with E-state index in [4.69, 9.17) is 4.74 Å². The fourth-order valence-electron chi connectivity index (χ4n) is 2.15. The van der Waals surface area contributed by atoms with Crippen LogP contribution < -0.4 is 0 Å². The number of esters is 1. The molecule has 0 aliphatic carbocycles. The summed E-state index contributed by atoms with van der Waals surface area (Å²) in [6.45, 7) is 1.82. The SMILES string of the molecule is CCOC(=O)c1nc(C(=O)O)c2[nH]c3ccccc3c2n1. The van der Waals surface area contributed by atoms with Gasteiger partial charge in [0.2, 0.25) is 5.82 Å². The Morgan fingerprint density at radius 2 is 2.05 bits per heavy atom. The Hall–Kier alpha value is -2.96. The molecule has 106 valence electrons. The fraction of sp³-hybridized carbons (Fsp3) is 0.143. The van der Waals surface area contributed by atoms with Crippen LogP contribution in [0.2, 0.25) is 0 Å². The van der Waals surface area contributed by atoms with Crippen molar-refractivity contribution in [1.29, 1.82) is 0 Å². The molecule has 0 amide bonds. The van der Waals surface area contributed by atoms with Gasteiger partial charge in [0.1, 0.15) is 5.52 Å². The number of aromatic carboxylic acids is 1. The molecule has 7 heteroatoms. The number of carboxylic acids is 1. The standard InChI is InChI=1S/C14H11N3O4/c1-2-21-14(20)12-16-9-7-5-3-4-6-8(7)15-10(9)11(17-12)13(18)19/h3-6,15H,2H2,1H3,(H,18,19). The summed E-state index contributed by atoms with van der Waals surface area (Å²) >= 11 is 0. The highest BCUT2D eigenvalue weighted by Gasteiger charge is 2.21. The maximum absolute atomic E-state index is 11.8. The number of hydrogen-bond acceptors (Lipinski definition) is 5. The van der Waals surface area contributed by atoms with Gasteiger partial charge in [0.15, 0.2) is 5.69 Å². The van der Waals surface area contributed by atoms with Gasteiger partial charge >= 0.3 is 11.9 Å². The molecule has 1 aromatic carbocycles. The Morgan fingerprint density at radius 3 is 2.76 bits per heavy atom. The zero-order valence-corrected chi connectivity index (χ0v) is 11.1. The number of aromatic amines is 1. The Morgan fingerprint density at radius 1 is 1.29 bits per heavy atom. The van der Waals surface area contributed by atoms with E-state index in [1.165, 1.54) is 0 Å². The van der Waals surface area contributed by atoms with E-state index in [1.807, 2.05) is 12.1 Å². The van der Waals surface area contributed by atoms with Crippen LogP contribution in [0.5, 0.6) is 0 Å². The fourth-order valence-corrected chi connectivity index (χ4v) is 2.15. The third kappa shape index (κ3) is 2.08. The molecule has 2 heterocycles. The van der Waals surface area contributed by atoms with E-state index in [0.29, 0.717) is 5.52 Å². The topological polar surface area (TPSA) is 105 Å². The molecule has 0 spiro atoms. The molecule has 0 aliphatic heterocycles. The Bertz CT molecular complexity index is 869. The highest BCUT2D eigenvalue weighted by Crippen LogP contribution is 2.25. The monoisotopic (exact) mass is 285 g/mol. The van der Waals surface area contributed by atoms with Crippen molar-refractivity contribution in [2.24, 2.45) is 0 Å². The lowest BCUT2D eigenvalue weighted by molar-refractivity contribution is 0.0512. The molecule has 3 aromatic rings. The molecule has 0 bridgehead atoms. The number of H-pyrrole nitrogens is 1. The average molecular weight is 285 g/mol. The van der Waals surface area contributed by atoms with Crippen molar-refractivity contribution in [1.82, 2.24) is 15.0 Å². The molecule has 0 saturated heterocycles. The van der Waals surface area contributed by atoms with Crippen LogP contribution in [0.15, 0.2) is 24.3 Å². The second kappa shape index (κ2) is 4.86. The number of aromatic nitrogens is 3. The number of carbonyl (C=O) groups is 2. The summed E-state index contributed by atoms with van der Waals surface area (Å²) in [4.78, 5) is 34.0. The first-order valence-corrected chi connectivity index (χ1v) is 6.30. The van der Waals surface area contributed by atoms with Gasteiger partial charge in [0.05, 0.1) is 12.1 Å². The first-order valence-electron chi connectivity index (χ1n) is 6.30. The van der Waals surface area contributed by atoms with Gasteiger partial charge in [-0.1, -0.05) is 18.2 Å². The summed E-state index contributed by atoms with van der Waals surface area (Å²) in [5.74, 6) is -2.24. The molecule has 0 fully saturated rings. The van der Waals surface area contributed by atoms with E-state index in [1.54, 1.807) is 19.1 Å². The predicted molar refractivity (Wildman–Crippen MR) is 74.3 cm³/mol. The van der Waals surface area contributed by atoms with Crippen LogP contribution in [0.3, 0.4) is 0 Å². The number of benzene rings is 1. The molecule has 0 unspecified atom stereocenters. The lowest BCUT2D eigenvalue weighted by Crippen LogP contribution is -2.13. The second-order valence-electron chi connectivity index (χ2n) is 4.32. The summed E-state index contributed by atoms with van der Waals surface area (Å²) in [5.41, 5.74) is 1.15. The van der Waals surface area contributed by atoms with Crippen LogP contribution >= 0.6 is 0 Å². The summed E-state index contributed by atoms with van der Waals surface area (Å²) in [6, 6.07) is 7.22. The maximum Gasteiger partial charge on any atom is 0.376 e. The third-order valence-corrected chi connectivity index (χ3v) is 3.01. The van der Waals surface area contributed by atoms with Crippen molar-refractivity contribution in [3.05, 3.63) is 35.8 Å². The van der Waals surface area contributed by atoms with E-state index in [0.717, 1.165) is 10.9 Å². The highest BCUT2D eigenvalue weighted by molar-refractivity contribution is 6.11. The van der Waals surface area contributed by atoms with Crippen molar-refractivity contribution in [2.75, 3.05) is 6.61 Å². The van der Waals surface area contributed by atoms with E-state index in [2.05, 4.69) is 15.0 Å². The van der Waals surface area contributed by atoms with Crippen molar-refractivity contribution in [2.45, 2.75) is 6.92 Å². The molecule has 0 aliphatic rings. The van der Waals surface area contributed by atoms with Gasteiger partial charge in [-0.15, -0.1) is 0 Å². The molecular weight excluding hydrogens is 274 g/mol. The normalized spacial score (nSPS) is 10.9. The highest BCUT2D eigenvalue weighted by atomic mass is 16.5. The summed E-state index contributed by atoms with van der Waals surface area (Å²) in [5, 5.41) is 10.0.